The number of carbonyl (C=O) groups excluding carboxylic acids is 1. The largest absolute Gasteiger partial charge is 0.396 e. The summed E-state index contributed by atoms with van der Waals surface area (Å²) in [6.07, 6.45) is 4.61. The third kappa shape index (κ3) is 3.61. The Balaban J connectivity index is 1.58. The van der Waals surface area contributed by atoms with Gasteiger partial charge in [0.05, 0.1) is 16.7 Å². The zero-order chi connectivity index (χ0) is 18.6. The lowest BCUT2D eigenvalue weighted by atomic mass is 10.2. The number of hydrogen-bond donors (Lipinski definition) is 1. The summed E-state index contributed by atoms with van der Waals surface area (Å²) in [4.78, 5) is 13.8. The normalized spacial score (nSPS) is 11.3. The molecule has 2 aromatic heterocycles. The highest BCUT2D eigenvalue weighted by atomic mass is 32.2. The molecule has 0 bridgehead atoms. The van der Waals surface area contributed by atoms with Gasteiger partial charge in [-0.15, -0.1) is 11.8 Å². The number of fused-ring (bicyclic) bond motifs is 2. The number of benzene rings is 2. The first-order valence-electron chi connectivity index (χ1n) is 9.02. The molecule has 0 aliphatic carbocycles. The Morgan fingerprint density at radius 2 is 1.85 bits per heavy atom. The summed E-state index contributed by atoms with van der Waals surface area (Å²) < 4.78 is 3.88. The van der Waals surface area contributed by atoms with E-state index in [9.17, 15) is 4.79 Å². The van der Waals surface area contributed by atoms with Gasteiger partial charge in [0.25, 0.3) is 0 Å². The SMILES string of the molecule is O=C(CSc1cc[n+](CCCO)c2ccccc12)n1ccc2ccccc21. The molecule has 0 aliphatic heterocycles. The number of aromatic nitrogens is 2. The monoisotopic (exact) mass is 377 g/mol. The van der Waals surface area contributed by atoms with E-state index < -0.39 is 0 Å². The van der Waals surface area contributed by atoms with Crippen LogP contribution in [0.5, 0.6) is 0 Å². The Hall–Kier alpha value is -2.63. The lowest BCUT2D eigenvalue weighted by Crippen LogP contribution is -2.34. The highest BCUT2D eigenvalue weighted by Gasteiger charge is 2.14. The molecule has 4 rings (SSSR count). The van der Waals surface area contributed by atoms with E-state index in [1.165, 1.54) is 0 Å². The standard InChI is InChI=1S/C22H21N2O2S/c25-15-5-12-23-13-11-21(18-7-2-4-9-20(18)23)27-16-22(26)24-14-10-17-6-1-3-8-19(17)24/h1-4,6-11,13-14,25H,5,12,15-16H2/q+1. The van der Waals surface area contributed by atoms with Gasteiger partial charge in [-0.05, 0) is 18.2 Å². The number of aliphatic hydroxyl groups excluding tert-OH is 1. The van der Waals surface area contributed by atoms with E-state index in [1.54, 1.807) is 16.3 Å². The molecule has 0 fully saturated rings. The summed E-state index contributed by atoms with van der Waals surface area (Å²) in [5.74, 6) is 0.450. The highest BCUT2D eigenvalue weighted by molar-refractivity contribution is 8.00. The molecule has 4 aromatic rings. The van der Waals surface area contributed by atoms with E-state index >= 15 is 0 Å². The summed E-state index contributed by atoms with van der Waals surface area (Å²) in [7, 11) is 0. The molecule has 0 spiro atoms. The maximum absolute atomic E-state index is 12.7. The summed E-state index contributed by atoms with van der Waals surface area (Å²) in [5.41, 5.74) is 2.07. The molecule has 0 atom stereocenters. The molecule has 27 heavy (non-hydrogen) atoms. The van der Waals surface area contributed by atoms with Crippen molar-refractivity contribution in [2.75, 3.05) is 12.4 Å². The average Bonchev–Trinajstić information content (AvgIpc) is 3.15. The fourth-order valence-corrected chi connectivity index (χ4v) is 4.23. The minimum absolute atomic E-state index is 0.0716. The minimum atomic E-state index is 0.0716. The Morgan fingerprint density at radius 1 is 1.04 bits per heavy atom. The van der Waals surface area contributed by atoms with Crippen LogP contribution in [0.25, 0.3) is 21.8 Å². The molecule has 0 aliphatic rings. The van der Waals surface area contributed by atoms with E-state index in [4.69, 9.17) is 5.11 Å². The Labute approximate surface area is 162 Å². The number of nitrogens with zero attached hydrogens (tertiary/aromatic N) is 2. The van der Waals surface area contributed by atoms with E-state index in [-0.39, 0.29) is 12.5 Å². The molecule has 0 radical (unpaired) electrons. The van der Waals surface area contributed by atoms with Crippen LogP contribution in [0, 0.1) is 0 Å². The second-order valence-electron chi connectivity index (χ2n) is 6.39. The smallest absolute Gasteiger partial charge is 0.241 e. The zero-order valence-corrected chi connectivity index (χ0v) is 15.7. The third-order valence-electron chi connectivity index (χ3n) is 4.66. The lowest BCUT2D eigenvalue weighted by Gasteiger charge is -2.07. The van der Waals surface area contributed by atoms with E-state index in [0.717, 1.165) is 39.7 Å². The van der Waals surface area contributed by atoms with Gasteiger partial charge in [0.1, 0.15) is 0 Å². The van der Waals surface area contributed by atoms with Crippen LogP contribution in [-0.4, -0.2) is 27.9 Å². The van der Waals surface area contributed by atoms with E-state index in [1.807, 2.05) is 54.9 Å². The first-order valence-corrected chi connectivity index (χ1v) is 10.0. The van der Waals surface area contributed by atoms with Gasteiger partial charge in [0, 0.05) is 41.6 Å². The molecule has 0 amide bonds. The number of carbonyl (C=O) groups is 1. The quantitative estimate of drug-likeness (QED) is 0.409. The maximum Gasteiger partial charge on any atom is 0.241 e. The maximum atomic E-state index is 12.7. The van der Waals surface area contributed by atoms with Gasteiger partial charge in [-0.25, -0.2) is 0 Å². The van der Waals surface area contributed by atoms with Crippen molar-refractivity contribution in [3.8, 4) is 0 Å². The van der Waals surface area contributed by atoms with Crippen LogP contribution in [0.4, 0.5) is 0 Å². The van der Waals surface area contributed by atoms with Crippen molar-refractivity contribution in [1.82, 2.24) is 4.57 Å². The van der Waals surface area contributed by atoms with Gasteiger partial charge in [0.15, 0.2) is 12.7 Å². The first-order chi connectivity index (χ1) is 13.3. The average molecular weight is 377 g/mol. The van der Waals surface area contributed by atoms with E-state index in [0.29, 0.717) is 5.75 Å². The van der Waals surface area contributed by atoms with Gasteiger partial charge >= 0.3 is 0 Å². The number of pyridine rings is 1. The first kappa shape index (κ1) is 17.8. The molecule has 0 saturated carbocycles. The molecular formula is C22H21N2O2S+. The summed E-state index contributed by atoms with van der Waals surface area (Å²) in [6.45, 7) is 0.952. The summed E-state index contributed by atoms with van der Waals surface area (Å²) in [5, 5.41) is 11.3. The Morgan fingerprint density at radius 3 is 2.74 bits per heavy atom. The Kier molecular flexibility index (Phi) is 5.23. The van der Waals surface area contributed by atoms with Crippen LogP contribution in [0.2, 0.25) is 0 Å². The number of aryl methyl sites for hydroxylation is 1. The van der Waals surface area contributed by atoms with Crippen LogP contribution in [0.15, 0.2) is 78.0 Å². The number of hydrogen-bond acceptors (Lipinski definition) is 3. The number of thioether (sulfide) groups is 1. The van der Waals surface area contributed by atoms with Crippen molar-refractivity contribution in [1.29, 1.82) is 0 Å². The molecule has 1 N–H and O–H groups in total. The van der Waals surface area contributed by atoms with Crippen LogP contribution >= 0.6 is 11.8 Å². The van der Waals surface area contributed by atoms with Crippen molar-refractivity contribution in [2.24, 2.45) is 0 Å². The highest BCUT2D eigenvalue weighted by Crippen LogP contribution is 2.26. The molecule has 0 saturated heterocycles. The molecule has 136 valence electrons. The predicted octanol–water partition coefficient (Wildman–Crippen LogP) is 3.90. The van der Waals surface area contributed by atoms with Crippen molar-refractivity contribution in [3.63, 3.8) is 0 Å². The number of aliphatic hydroxyl groups is 1. The third-order valence-corrected chi connectivity index (χ3v) is 5.72. The number of para-hydroxylation sites is 2. The fraction of sp³-hybridized carbons (Fsp3) is 0.182. The second-order valence-corrected chi connectivity index (χ2v) is 7.41. The van der Waals surface area contributed by atoms with Crippen molar-refractivity contribution >= 4 is 39.5 Å². The molecule has 5 heteroatoms. The van der Waals surface area contributed by atoms with Crippen molar-refractivity contribution in [2.45, 2.75) is 17.9 Å². The van der Waals surface area contributed by atoms with Gasteiger partial charge in [-0.1, -0.05) is 30.3 Å². The van der Waals surface area contributed by atoms with Gasteiger partial charge < -0.3 is 5.11 Å². The fourth-order valence-electron chi connectivity index (χ4n) is 3.33. The number of rotatable bonds is 6. The molecule has 2 heterocycles. The van der Waals surface area contributed by atoms with Crippen LogP contribution in [-0.2, 0) is 6.54 Å². The molecule has 2 aromatic carbocycles. The van der Waals surface area contributed by atoms with Crippen LogP contribution in [0.3, 0.4) is 0 Å². The topological polar surface area (TPSA) is 46.1 Å². The minimum Gasteiger partial charge on any atom is -0.396 e. The van der Waals surface area contributed by atoms with Crippen molar-refractivity contribution in [3.05, 3.63) is 73.1 Å². The zero-order valence-electron chi connectivity index (χ0n) is 14.9. The molecule has 0 unspecified atom stereocenters. The van der Waals surface area contributed by atoms with Crippen LogP contribution in [0.1, 0.15) is 11.2 Å². The lowest BCUT2D eigenvalue weighted by molar-refractivity contribution is -0.672. The Bertz CT molecular complexity index is 1100. The van der Waals surface area contributed by atoms with Crippen molar-refractivity contribution < 1.29 is 14.5 Å². The van der Waals surface area contributed by atoms with Gasteiger partial charge in [0.2, 0.25) is 11.4 Å². The molecule has 4 nitrogen and oxygen atoms in total. The second kappa shape index (κ2) is 7.94. The van der Waals surface area contributed by atoms with E-state index in [2.05, 4.69) is 22.8 Å². The van der Waals surface area contributed by atoms with Crippen LogP contribution < -0.4 is 4.57 Å². The molecular weight excluding hydrogens is 356 g/mol. The summed E-state index contributed by atoms with van der Waals surface area (Å²) >= 11 is 1.56. The summed E-state index contributed by atoms with van der Waals surface area (Å²) in [6, 6.07) is 20.2. The predicted molar refractivity (Wildman–Crippen MR) is 109 cm³/mol. The van der Waals surface area contributed by atoms with Gasteiger partial charge in [-0.2, -0.15) is 4.57 Å². The van der Waals surface area contributed by atoms with Gasteiger partial charge in [-0.3, -0.25) is 9.36 Å².